The Morgan fingerprint density at radius 1 is 1.32 bits per heavy atom. The lowest BCUT2D eigenvalue weighted by molar-refractivity contribution is -0.126. The third-order valence-corrected chi connectivity index (χ3v) is 4.15. The van der Waals surface area contributed by atoms with Crippen LogP contribution in [0.25, 0.3) is 0 Å². The molecular formula is C15H18N2O2. The molecule has 1 aromatic carbocycles. The van der Waals surface area contributed by atoms with Gasteiger partial charge in [0.25, 0.3) is 0 Å². The molecule has 2 aliphatic rings. The van der Waals surface area contributed by atoms with Gasteiger partial charge in [0.05, 0.1) is 12.1 Å². The molecule has 4 heteroatoms. The third-order valence-electron chi connectivity index (χ3n) is 4.15. The van der Waals surface area contributed by atoms with Crippen LogP contribution in [0.4, 0.5) is 0 Å². The SMILES string of the molecule is CC1(C(=O)N[C@@H]2CC(=O)N[C@H]2c2ccccc2)CC1. The van der Waals surface area contributed by atoms with Gasteiger partial charge >= 0.3 is 0 Å². The van der Waals surface area contributed by atoms with Crippen LogP contribution < -0.4 is 10.6 Å². The van der Waals surface area contributed by atoms with Crippen LogP contribution in [0.2, 0.25) is 0 Å². The smallest absolute Gasteiger partial charge is 0.226 e. The van der Waals surface area contributed by atoms with Crippen LogP contribution in [0.1, 0.15) is 37.8 Å². The average Bonchev–Trinajstić information content (AvgIpc) is 3.05. The summed E-state index contributed by atoms with van der Waals surface area (Å²) in [6, 6.07) is 9.54. The third kappa shape index (κ3) is 2.35. The van der Waals surface area contributed by atoms with Gasteiger partial charge in [-0.2, -0.15) is 0 Å². The lowest BCUT2D eigenvalue weighted by atomic mass is 9.99. The van der Waals surface area contributed by atoms with Crippen LogP contribution in [0.3, 0.4) is 0 Å². The molecule has 0 radical (unpaired) electrons. The van der Waals surface area contributed by atoms with Crippen molar-refractivity contribution in [3.8, 4) is 0 Å². The first-order chi connectivity index (χ1) is 9.08. The van der Waals surface area contributed by atoms with E-state index in [9.17, 15) is 9.59 Å². The highest BCUT2D eigenvalue weighted by atomic mass is 16.2. The van der Waals surface area contributed by atoms with Gasteiger partial charge in [-0.25, -0.2) is 0 Å². The highest BCUT2D eigenvalue weighted by Gasteiger charge is 2.47. The van der Waals surface area contributed by atoms with E-state index in [2.05, 4.69) is 10.6 Å². The quantitative estimate of drug-likeness (QED) is 0.864. The first-order valence-electron chi connectivity index (χ1n) is 6.74. The maximum absolute atomic E-state index is 12.1. The number of carbonyl (C=O) groups excluding carboxylic acids is 2. The first kappa shape index (κ1) is 12.2. The topological polar surface area (TPSA) is 58.2 Å². The number of hydrogen-bond acceptors (Lipinski definition) is 2. The highest BCUT2D eigenvalue weighted by Crippen LogP contribution is 2.45. The summed E-state index contributed by atoms with van der Waals surface area (Å²) < 4.78 is 0. The molecule has 3 rings (SSSR count). The van der Waals surface area contributed by atoms with Crippen molar-refractivity contribution < 1.29 is 9.59 Å². The minimum Gasteiger partial charge on any atom is -0.350 e. The van der Waals surface area contributed by atoms with Crippen molar-refractivity contribution >= 4 is 11.8 Å². The second-order valence-corrected chi connectivity index (χ2v) is 5.80. The average molecular weight is 258 g/mol. The summed E-state index contributed by atoms with van der Waals surface area (Å²) in [5.74, 6) is 0.0787. The molecule has 0 bridgehead atoms. The Balaban J connectivity index is 1.75. The molecule has 1 aliphatic heterocycles. The fourth-order valence-electron chi connectivity index (χ4n) is 2.52. The van der Waals surface area contributed by atoms with Crippen molar-refractivity contribution in [2.45, 2.75) is 38.3 Å². The van der Waals surface area contributed by atoms with E-state index in [-0.39, 0.29) is 29.3 Å². The zero-order valence-electron chi connectivity index (χ0n) is 11.0. The minimum atomic E-state index is -0.202. The molecule has 1 aliphatic carbocycles. The van der Waals surface area contributed by atoms with E-state index in [0.29, 0.717) is 6.42 Å². The molecule has 100 valence electrons. The predicted octanol–water partition coefficient (Wildman–Crippen LogP) is 1.53. The summed E-state index contributed by atoms with van der Waals surface area (Å²) in [6.07, 6.45) is 2.26. The van der Waals surface area contributed by atoms with Crippen LogP contribution in [-0.4, -0.2) is 17.9 Å². The van der Waals surface area contributed by atoms with Crippen LogP contribution in [0.5, 0.6) is 0 Å². The predicted molar refractivity (Wildman–Crippen MR) is 71.2 cm³/mol. The molecule has 1 heterocycles. The van der Waals surface area contributed by atoms with Gasteiger partial charge in [0.1, 0.15) is 0 Å². The zero-order chi connectivity index (χ0) is 13.5. The summed E-state index contributed by atoms with van der Waals surface area (Å²) >= 11 is 0. The van der Waals surface area contributed by atoms with Gasteiger partial charge in [-0.15, -0.1) is 0 Å². The van der Waals surface area contributed by atoms with Crippen LogP contribution in [0, 0.1) is 5.41 Å². The standard InChI is InChI=1S/C15H18N2O2/c1-15(7-8-15)14(19)16-11-9-12(18)17-13(11)10-5-3-2-4-6-10/h2-6,11,13H,7-9H2,1H3,(H,16,19)(H,17,18)/t11-,13+/m1/s1. The maximum Gasteiger partial charge on any atom is 0.226 e. The number of hydrogen-bond donors (Lipinski definition) is 2. The lowest BCUT2D eigenvalue weighted by Gasteiger charge is -2.22. The van der Waals surface area contributed by atoms with Gasteiger partial charge in [-0.3, -0.25) is 9.59 Å². The highest BCUT2D eigenvalue weighted by molar-refractivity contribution is 5.87. The Bertz CT molecular complexity index is 508. The summed E-state index contributed by atoms with van der Waals surface area (Å²) in [4.78, 5) is 23.7. The number of carbonyl (C=O) groups is 2. The summed E-state index contributed by atoms with van der Waals surface area (Å²) in [5.41, 5.74) is 0.840. The number of benzene rings is 1. The maximum atomic E-state index is 12.1. The van der Waals surface area contributed by atoms with Crippen molar-refractivity contribution in [2.75, 3.05) is 0 Å². The van der Waals surface area contributed by atoms with Gasteiger partial charge in [0.15, 0.2) is 0 Å². The Morgan fingerprint density at radius 3 is 2.63 bits per heavy atom. The molecule has 1 saturated heterocycles. The molecule has 2 fully saturated rings. The Labute approximate surface area is 112 Å². The molecule has 4 nitrogen and oxygen atoms in total. The monoisotopic (exact) mass is 258 g/mol. The number of rotatable bonds is 3. The van der Waals surface area contributed by atoms with Crippen LogP contribution in [-0.2, 0) is 9.59 Å². The molecule has 2 amide bonds. The molecule has 1 saturated carbocycles. The Kier molecular flexibility index (Phi) is 2.81. The molecule has 19 heavy (non-hydrogen) atoms. The van der Waals surface area contributed by atoms with Crippen molar-refractivity contribution in [1.29, 1.82) is 0 Å². The van der Waals surface area contributed by atoms with Gasteiger partial charge in [0, 0.05) is 11.8 Å². The van der Waals surface area contributed by atoms with E-state index in [1.165, 1.54) is 0 Å². The van der Waals surface area contributed by atoms with Gasteiger partial charge < -0.3 is 10.6 Å². The van der Waals surface area contributed by atoms with Gasteiger partial charge in [-0.1, -0.05) is 37.3 Å². The lowest BCUT2D eigenvalue weighted by Crippen LogP contribution is -2.41. The van der Waals surface area contributed by atoms with Crippen molar-refractivity contribution in [3.63, 3.8) is 0 Å². The number of nitrogens with one attached hydrogen (secondary N) is 2. The minimum absolute atomic E-state index is 0.0000954. The van der Waals surface area contributed by atoms with E-state index in [1.54, 1.807) is 0 Å². The van der Waals surface area contributed by atoms with E-state index in [1.807, 2.05) is 37.3 Å². The molecule has 2 atom stereocenters. The molecule has 0 unspecified atom stereocenters. The van der Waals surface area contributed by atoms with Gasteiger partial charge in [-0.05, 0) is 18.4 Å². The Hall–Kier alpha value is -1.84. The molecule has 2 N–H and O–H groups in total. The Morgan fingerprint density at radius 2 is 2.00 bits per heavy atom. The molecular weight excluding hydrogens is 240 g/mol. The number of amides is 2. The van der Waals surface area contributed by atoms with E-state index < -0.39 is 0 Å². The van der Waals surface area contributed by atoms with Crippen molar-refractivity contribution in [2.24, 2.45) is 5.41 Å². The van der Waals surface area contributed by atoms with Crippen molar-refractivity contribution in [1.82, 2.24) is 10.6 Å². The van der Waals surface area contributed by atoms with Gasteiger partial charge in [0.2, 0.25) is 11.8 Å². The summed E-state index contributed by atoms with van der Waals surface area (Å²) in [7, 11) is 0. The van der Waals surface area contributed by atoms with Crippen molar-refractivity contribution in [3.05, 3.63) is 35.9 Å². The fourth-order valence-corrected chi connectivity index (χ4v) is 2.52. The molecule has 0 aromatic heterocycles. The fraction of sp³-hybridized carbons (Fsp3) is 0.467. The second-order valence-electron chi connectivity index (χ2n) is 5.80. The normalized spacial score (nSPS) is 27.7. The van der Waals surface area contributed by atoms with E-state index in [4.69, 9.17) is 0 Å². The first-order valence-corrected chi connectivity index (χ1v) is 6.74. The zero-order valence-corrected chi connectivity index (χ0v) is 11.0. The van der Waals surface area contributed by atoms with E-state index in [0.717, 1.165) is 18.4 Å². The van der Waals surface area contributed by atoms with Crippen LogP contribution in [0.15, 0.2) is 30.3 Å². The summed E-state index contributed by atoms with van der Waals surface area (Å²) in [5, 5.41) is 5.98. The molecule has 0 spiro atoms. The van der Waals surface area contributed by atoms with E-state index >= 15 is 0 Å². The largest absolute Gasteiger partial charge is 0.350 e. The molecule has 1 aromatic rings. The summed E-state index contributed by atoms with van der Waals surface area (Å²) in [6.45, 7) is 1.98. The second kappa shape index (κ2) is 4.37. The van der Waals surface area contributed by atoms with Crippen LogP contribution >= 0.6 is 0 Å².